The van der Waals surface area contributed by atoms with E-state index in [0.717, 1.165) is 16.9 Å². The highest BCUT2D eigenvalue weighted by molar-refractivity contribution is 6.31. The Morgan fingerprint density at radius 1 is 1.22 bits per heavy atom. The highest BCUT2D eigenvalue weighted by Crippen LogP contribution is 2.37. The summed E-state index contributed by atoms with van der Waals surface area (Å²) >= 11 is 6.11. The Morgan fingerprint density at radius 3 is 2.44 bits per heavy atom. The largest absolute Gasteiger partial charge is 0.313 e. The molecular formula is C16H24ClN. The summed E-state index contributed by atoms with van der Waals surface area (Å²) in [5.74, 6) is 1.68. The third-order valence-electron chi connectivity index (χ3n) is 4.38. The van der Waals surface area contributed by atoms with Gasteiger partial charge >= 0.3 is 0 Å². The Balaban J connectivity index is 2.14. The third-order valence-corrected chi connectivity index (χ3v) is 4.81. The van der Waals surface area contributed by atoms with E-state index in [4.69, 9.17) is 11.6 Å². The van der Waals surface area contributed by atoms with E-state index in [1.165, 1.54) is 36.8 Å². The summed E-state index contributed by atoms with van der Waals surface area (Å²) in [7, 11) is 2.08. The van der Waals surface area contributed by atoms with Gasteiger partial charge < -0.3 is 5.32 Å². The summed E-state index contributed by atoms with van der Waals surface area (Å²) in [6.45, 7) is 4.46. The van der Waals surface area contributed by atoms with Crippen LogP contribution in [-0.4, -0.2) is 7.05 Å². The SMILES string of the molecule is CNC(c1ccc(Cl)c(C)c1)C1CCC(C)CC1. The molecule has 0 spiro atoms. The molecule has 1 nitrogen and oxygen atoms in total. The minimum Gasteiger partial charge on any atom is -0.313 e. The lowest BCUT2D eigenvalue weighted by molar-refractivity contribution is 0.238. The number of rotatable bonds is 3. The number of hydrogen-bond donors (Lipinski definition) is 1. The number of benzene rings is 1. The van der Waals surface area contributed by atoms with E-state index >= 15 is 0 Å². The molecule has 2 heteroatoms. The molecule has 0 amide bonds. The first-order chi connectivity index (χ1) is 8.61. The second-order valence-corrected chi connectivity index (χ2v) is 6.20. The lowest BCUT2D eigenvalue weighted by Gasteiger charge is -2.33. The standard InChI is InChI=1S/C16H24ClN/c1-11-4-6-13(7-5-11)16(18-3)14-8-9-15(17)12(2)10-14/h8-11,13,16,18H,4-7H2,1-3H3. The van der Waals surface area contributed by atoms with Crippen molar-refractivity contribution < 1.29 is 0 Å². The van der Waals surface area contributed by atoms with Crippen molar-refractivity contribution in [1.82, 2.24) is 5.32 Å². The van der Waals surface area contributed by atoms with E-state index in [1.54, 1.807) is 0 Å². The molecule has 1 atom stereocenters. The predicted octanol–water partition coefficient (Wildman–Crippen LogP) is 4.74. The van der Waals surface area contributed by atoms with Crippen LogP contribution < -0.4 is 5.32 Å². The van der Waals surface area contributed by atoms with Gasteiger partial charge in [0.1, 0.15) is 0 Å². The summed E-state index contributed by atoms with van der Waals surface area (Å²) in [5.41, 5.74) is 2.57. The van der Waals surface area contributed by atoms with Crippen LogP contribution in [0.4, 0.5) is 0 Å². The van der Waals surface area contributed by atoms with Gasteiger partial charge in [-0.05, 0) is 55.8 Å². The first kappa shape index (κ1) is 13.9. The van der Waals surface area contributed by atoms with Crippen molar-refractivity contribution in [2.45, 2.75) is 45.6 Å². The van der Waals surface area contributed by atoms with E-state index in [1.807, 2.05) is 6.07 Å². The maximum absolute atomic E-state index is 6.11. The lowest BCUT2D eigenvalue weighted by Crippen LogP contribution is -2.28. The Kier molecular flexibility index (Phi) is 4.69. The van der Waals surface area contributed by atoms with Crippen molar-refractivity contribution in [3.63, 3.8) is 0 Å². The number of hydrogen-bond acceptors (Lipinski definition) is 1. The van der Waals surface area contributed by atoms with Crippen molar-refractivity contribution in [3.8, 4) is 0 Å². The molecule has 0 radical (unpaired) electrons. The highest BCUT2D eigenvalue weighted by Gasteiger charge is 2.26. The molecule has 1 aliphatic carbocycles. The van der Waals surface area contributed by atoms with Crippen LogP contribution in [0.1, 0.15) is 49.8 Å². The van der Waals surface area contributed by atoms with Gasteiger partial charge in [0.05, 0.1) is 0 Å². The molecule has 1 N–H and O–H groups in total. The van der Waals surface area contributed by atoms with Crippen molar-refractivity contribution in [2.75, 3.05) is 7.05 Å². The maximum Gasteiger partial charge on any atom is 0.0435 e. The molecule has 0 saturated heterocycles. The summed E-state index contributed by atoms with van der Waals surface area (Å²) in [4.78, 5) is 0. The molecule has 0 heterocycles. The quantitative estimate of drug-likeness (QED) is 0.833. The molecule has 1 aromatic carbocycles. The summed E-state index contributed by atoms with van der Waals surface area (Å²) in [5, 5.41) is 4.37. The molecule has 100 valence electrons. The van der Waals surface area contributed by atoms with E-state index in [9.17, 15) is 0 Å². The lowest BCUT2D eigenvalue weighted by atomic mass is 9.77. The molecule has 0 bridgehead atoms. The summed E-state index contributed by atoms with van der Waals surface area (Å²) in [6.07, 6.45) is 5.42. The fourth-order valence-corrected chi connectivity index (χ4v) is 3.27. The summed E-state index contributed by atoms with van der Waals surface area (Å²) < 4.78 is 0. The average molecular weight is 266 g/mol. The normalized spacial score (nSPS) is 26.0. The first-order valence-corrected chi connectivity index (χ1v) is 7.43. The van der Waals surface area contributed by atoms with Gasteiger partial charge in [-0.25, -0.2) is 0 Å². The predicted molar refractivity (Wildman–Crippen MR) is 79.1 cm³/mol. The summed E-state index contributed by atoms with van der Waals surface area (Å²) in [6, 6.07) is 6.92. The number of nitrogens with one attached hydrogen (secondary N) is 1. The van der Waals surface area contributed by atoms with Crippen LogP contribution in [-0.2, 0) is 0 Å². The molecule has 1 fully saturated rings. The van der Waals surface area contributed by atoms with Gasteiger partial charge in [-0.1, -0.05) is 43.5 Å². The molecule has 1 aromatic rings. The second kappa shape index (κ2) is 6.08. The van der Waals surface area contributed by atoms with Crippen LogP contribution in [0.15, 0.2) is 18.2 Å². The van der Waals surface area contributed by atoms with Crippen molar-refractivity contribution in [3.05, 3.63) is 34.3 Å². The van der Waals surface area contributed by atoms with Gasteiger partial charge in [0.25, 0.3) is 0 Å². The van der Waals surface area contributed by atoms with Gasteiger partial charge in [0, 0.05) is 11.1 Å². The Morgan fingerprint density at radius 2 is 1.89 bits per heavy atom. The van der Waals surface area contributed by atoms with Crippen LogP contribution in [0, 0.1) is 18.8 Å². The Hall–Kier alpha value is -0.530. The molecule has 1 aliphatic rings. The van der Waals surface area contributed by atoms with Crippen LogP contribution in [0.3, 0.4) is 0 Å². The number of aryl methyl sites for hydroxylation is 1. The van der Waals surface area contributed by atoms with E-state index in [-0.39, 0.29) is 0 Å². The topological polar surface area (TPSA) is 12.0 Å². The number of halogens is 1. The van der Waals surface area contributed by atoms with Crippen LogP contribution in [0.5, 0.6) is 0 Å². The van der Waals surface area contributed by atoms with Crippen molar-refractivity contribution >= 4 is 11.6 Å². The molecule has 0 aromatic heterocycles. The second-order valence-electron chi connectivity index (χ2n) is 5.79. The van der Waals surface area contributed by atoms with Crippen LogP contribution in [0.2, 0.25) is 5.02 Å². The first-order valence-electron chi connectivity index (χ1n) is 7.05. The fourth-order valence-electron chi connectivity index (χ4n) is 3.16. The van der Waals surface area contributed by atoms with Gasteiger partial charge in [-0.3, -0.25) is 0 Å². The minimum atomic E-state index is 0.480. The molecule has 2 rings (SSSR count). The molecule has 18 heavy (non-hydrogen) atoms. The minimum absolute atomic E-state index is 0.480. The zero-order chi connectivity index (χ0) is 13.1. The van der Waals surface area contributed by atoms with Crippen molar-refractivity contribution in [2.24, 2.45) is 11.8 Å². The Bertz CT molecular complexity index is 394. The average Bonchev–Trinajstić information content (AvgIpc) is 2.37. The molecule has 1 saturated carbocycles. The van der Waals surface area contributed by atoms with E-state index < -0.39 is 0 Å². The molecule has 1 unspecified atom stereocenters. The zero-order valence-electron chi connectivity index (χ0n) is 11.7. The highest BCUT2D eigenvalue weighted by atomic mass is 35.5. The van der Waals surface area contributed by atoms with E-state index in [0.29, 0.717) is 6.04 Å². The van der Waals surface area contributed by atoms with Crippen molar-refractivity contribution in [1.29, 1.82) is 0 Å². The molecular weight excluding hydrogens is 242 g/mol. The molecule has 0 aliphatic heterocycles. The fraction of sp³-hybridized carbons (Fsp3) is 0.625. The van der Waals surface area contributed by atoms with Crippen LogP contribution >= 0.6 is 11.6 Å². The zero-order valence-corrected chi connectivity index (χ0v) is 12.4. The maximum atomic E-state index is 6.11. The van der Waals surface area contributed by atoms with Gasteiger partial charge in [0.2, 0.25) is 0 Å². The van der Waals surface area contributed by atoms with Crippen LogP contribution in [0.25, 0.3) is 0 Å². The van der Waals surface area contributed by atoms with Gasteiger partial charge in [-0.15, -0.1) is 0 Å². The Labute approximate surface area is 116 Å². The monoisotopic (exact) mass is 265 g/mol. The van der Waals surface area contributed by atoms with Gasteiger partial charge in [-0.2, -0.15) is 0 Å². The van der Waals surface area contributed by atoms with E-state index in [2.05, 4.69) is 38.3 Å². The third kappa shape index (κ3) is 3.07. The van der Waals surface area contributed by atoms with Gasteiger partial charge in [0.15, 0.2) is 0 Å². The smallest absolute Gasteiger partial charge is 0.0435 e.